The highest BCUT2D eigenvalue weighted by Gasteiger charge is 2.20. The van der Waals surface area contributed by atoms with Gasteiger partial charge in [-0.2, -0.15) is 5.10 Å². The Morgan fingerprint density at radius 2 is 1.70 bits per heavy atom. The maximum Gasteiger partial charge on any atom is 0.261 e. The third kappa shape index (κ3) is 3.27. The zero-order valence-electron chi connectivity index (χ0n) is 15.3. The maximum atomic E-state index is 13.0. The first-order valence-corrected chi connectivity index (χ1v) is 8.79. The predicted molar refractivity (Wildman–Crippen MR) is 107 cm³/mol. The third-order valence-corrected chi connectivity index (χ3v) is 4.47. The number of rotatable bonds is 4. The summed E-state index contributed by atoms with van der Waals surface area (Å²) < 4.78 is 3.67. The highest BCUT2D eigenvalue weighted by Crippen LogP contribution is 2.22. The molecular formula is C22H20N4O. The molecule has 0 bridgehead atoms. The lowest BCUT2D eigenvalue weighted by Gasteiger charge is -2.12. The normalized spacial score (nSPS) is 10.7. The van der Waals surface area contributed by atoms with E-state index in [-0.39, 0.29) is 5.91 Å². The first-order valence-electron chi connectivity index (χ1n) is 8.79. The zero-order valence-corrected chi connectivity index (χ0v) is 15.3. The Morgan fingerprint density at radius 1 is 0.963 bits per heavy atom. The molecule has 0 aliphatic heterocycles. The van der Waals surface area contributed by atoms with Crippen molar-refractivity contribution in [1.82, 2.24) is 14.3 Å². The molecule has 2 aromatic heterocycles. The van der Waals surface area contributed by atoms with Gasteiger partial charge in [0.15, 0.2) is 5.82 Å². The maximum absolute atomic E-state index is 13.0. The van der Waals surface area contributed by atoms with E-state index in [1.807, 2.05) is 85.4 Å². The van der Waals surface area contributed by atoms with Crippen molar-refractivity contribution in [3.05, 3.63) is 95.9 Å². The van der Waals surface area contributed by atoms with Crippen LogP contribution in [-0.2, 0) is 0 Å². The number of aromatic nitrogens is 3. The van der Waals surface area contributed by atoms with Crippen LogP contribution < -0.4 is 5.32 Å². The number of carbonyl (C=O) groups is 1. The third-order valence-electron chi connectivity index (χ3n) is 4.47. The van der Waals surface area contributed by atoms with Crippen LogP contribution in [0, 0.1) is 13.8 Å². The Kier molecular flexibility index (Phi) is 4.34. The Balaban J connectivity index is 1.76. The molecule has 0 saturated heterocycles. The van der Waals surface area contributed by atoms with Crippen molar-refractivity contribution in [3.63, 3.8) is 0 Å². The van der Waals surface area contributed by atoms with Gasteiger partial charge < -0.3 is 9.88 Å². The summed E-state index contributed by atoms with van der Waals surface area (Å²) in [6, 6.07) is 19.6. The van der Waals surface area contributed by atoms with E-state index < -0.39 is 0 Å². The van der Waals surface area contributed by atoms with Crippen LogP contribution in [0.5, 0.6) is 0 Å². The van der Waals surface area contributed by atoms with Gasteiger partial charge in [-0.1, -0.05) is 35.9 Å². The molecule has 0 aliphatic rings. The fraction of sp³-hybridized carbons (Fsp3) is 0.0909. The van der Waals surface area contributed by atoms with E-state index >= 15 is 0 Å². The molecule has 0 atom stereocenters. The van der Waals surface area contributed by atoms with E-state index in [2.05, 4.69) is 16.5 Å². The van der Waals surface area contributed by atoms with Gasteiger partial charge in [-0.15, -0.1) is 0 Å². The molecule has 4 rings (SSSR count). The first-order chi connectivity index (χ1) is 13.1. The Bertz CT molecular complexity index is 1080. The van der Waals surface area contributed by atoms with E-state index in [0.29, 0.717) is 11.4 Å². The van der Waals surface area contributed by atoms with Gasteiger partial charge in [0.25, 0.3) is 5.91 Å². The van der Waals surface area contributed by atoms with Gasteiger partial charge in [0, 0.05) is 18.1 Å². The van der Waals surface area contributed by atoms with Gasteiger partial charge in [-0.25, -0.2) is 4.68 Å². The average Bonchev–Trinajstić information content (AvgIpc) is 3.33. The molecule has 0 radical (unpaired) electrons. The summed E-state index contributed by atoms with van der Waals surface area (Å²) in [6.45, 7) is 4.02. The van der Waals surface area contributed by atoms with Crippen LogP contribution in [0.2, 0.25) is 0 Å². The van der Waals surface area contributed by atoms with Crippen LogP contribution in [0.25, 0.3) is 11.5 Å². The number of nitrogens with zero attached hydrogens (tertiary/aromatic N) is 3. The number of carbonyl (C=O) groups excluding carboxylic acids is 1. The van der Waals surface area contributed by atoms with Gasteiger partial charge in [0.1, 0.15) is 5.56 Å². The topological polar surface area (TPSA) is 51.9 Å². The molecule has 1 N–H and O–H groups in total. The lowest BCUT2D eigenvalue weighted by molar-refractivity contribution is 0.102. The van der Waals surface area contributed by atoms with Crippen molar-refractivity contribution in [2.45, 2.75) is 13.8 Å². The SMILES string of the molecule is Cc1ccc(NC(=O)c2cnn(-c3ccccc3)c2-n2cccc2)c(C)c1. The average molecular weight is 356 g/mol. The summed E-state index contributed by atoms with van der Waals surface area (Å²) in [5.41, 5.74) is 4.40. The molecule has 5 nitrogen and oxygen atoms in total. The predicted octanol–water partition coefficient (Wildman–Crippen LogP) is 4.53. The molecule has 0 fully saturated rings. The second-order valence-corrected chi connectivity index (χ2v) is 6.49. The summed E-state index contributed by atoms with van der Waals surface area (Å²) in [7, 11) is 0. The number of nitrogens with one attached hydrogen (secondary N) is 1. The fourth-order valence-electron chi connectivity index (χ4n) is 3.13. The lowest BCUT2D eigenvalue weighted by atomic mass is 10.1. The fourth-order valence-corrected chi connectivity index (χ4v) is 3.13. The second-order valence-electron chi connectivity index (χ2n) is 6.49. The molecule has 1 amide bonds. The molecule has 0 spiro atoms. The summed E-state index contributed by atoms with van der Waals surface area (Å²) >= 11 is 0. The largest absolute Gasteiger partial charge is 0.322 e. The summed E-state index contributed by atoms with van der Waals surface area (Å²) in [6.07, 6.45) is 5.43. The van der Waals surface area contributed by atoms with E-state index in [1.165, 1.54) is 0 Å². The van der Waals surface area contributed by atoms with Crippen LogP contribution in [-0.4, -0.2) is 20.3 Å². The van der Waals surface area contributed by atoms with Crippen LogP contribution >= 0.6 is 0 Å². The molecule has 0 unspecified atom stereocenters. The summed E-state index contributed by atoms with van der Waals surface area (Å²) in [5, 5.41) is 7.49. The smallest absolute Gasteiger partial charge is 0.261 e. The van der Waals surface area contributed by atoms with E-state index in [0.717, 1.165) is 22.5 Å². The lowest BCUT2D eigenvalue weighted by Crippen LogP contribution is -2.16. The van der Waals surface area contributed by atoms with Crippen molar-refractivity contribution in [2.75, 3.05) is 5.32 Å². The Hall–Kier alpha value is -3.60. The molecule has 2 heterocycles. The summed E-state index contributed by atoms with van der Waals surface area (Å²) in [4.78, 5) is 13.0. The number of benzene rings is 2. The molecule has 134 valence electrons. The number of aryl methyl sites for hydroxylation is 2. The van der Waals surface area contributed by atoms with Gasteiger partial charge in [-0.3, -0.25) is 4.79 Å². The van der Waals surface area contributed by atoms with Crippen molar-refractivity contribution in [3.8, 4) is 11.5 Å². The Morgan fingerprint density at radius 3 is 2.41 bits per heavy atom. The monoisotopic (exact) mass is 356 g/mol. The molecular weight excluding hydrogens is 336 g/mol. The van der Waals surface area contributed by atoms with E-state index in [9.17, 15) is 4.79 Å². The molecule has 5 heteroatoms. The minimum atomic E-state index is -0.187. The molecule has 0 saturated carbocycles. The van der Waals surface area contributed by atoms with Crippen LogP contribution in [0.15, 0.2) is 79.3 Å². The van der Waals surface area contributed by atoms with E-state index in [4.69, 9.17) is 0 Å². The molecule has 0 aliphatic carbocycles. The number of anilines is 1. The second kappa shape index (κ2) is 6.96. The number of para-hydroxylation sites is 1. The standard InChI is InChI=1S/C22H20N4O/c1-16-10-11-20(17(2)14-16)24-21(27)19-15-23-26(18-8-4-3-5-9-18)22(19)25-12-6-7-13-25/h3-15H,1-2H3,(H,24,27). The van der Waals surface area contributed by atoms with Crippen molar-refractivity contribution >= 4 is 11.6 Å². The van der Waals surface area contributed by atoms with Gasteiger partial charge in [0.05, 0.1) is 11.9 Å². The minimum Gasteiger partial charge on any atom is -0.322 e. The quantitative estimate of drug-likeness (QED) is 0.584. The van der Waals surface area contributed by atoms with Gasteiger partial charge in [0.2, 0.25) is 0 Å². The summed E-state index contributed by atoms with van der Waals surface area (Å²) in [5.74, 6) is 0.515. The Labute approximate surface area is 157 Å². The minimum absolute atomic E-state index is 0.187. The number of amides is 1. The van der Waals surface area contributed by atoms with Crippen molar-refractivity contribution in [2.24, 2.45) is 0 Å². The van der Waals surface area contributed by atoms with Crippen molar-refractivity contribution < 1.29 is 4.79 Å². The highest BCUT2D eigenvalue weighted by atomic mass is 16.1. The van der Waals surface area contributed by atoms with Crippen LogP contribution in [0.3, 0.4) is 0 Å². The van der Waals surface area contributed by atoms with Crippen LogP contribution in [0.1, 0.15) is 21.5 Å². The molecule has 2 aromatic carbocycles. The van der Waals surface area contributed by atoms with E-state index in [1.54, 1.807) is 10.9 Å². The number of hydrogen-bond acceptors (Lipinski definition) is 2. The highest BCUT2D eigenvalue weighted by molar-refractivity contribution is 6.06. The molecule has 27 heavy (non-hydrogen) atoms. The first kappa shape index (κ1) is 16.8. The zero-order chi connectivity index (χ0) is 18.8. The van der Waals surface area contributed by atoms with Gasteiger partial charge in [-0.05, 0) is 49.7 Å². The van der Waals surface area contributed by atoms with Crippen LogP contribution in [0.4, 0.5) is 5.69 Å². The number of hydrogen-bond donors (Lipinski definition) is 1. The molecule has 4 aromatic rings. The van der Waals surface area contributed by atoms with Gasteiger partial charge >= 0.3 is 0 Å². The van der Waals surface area contributed by atoms with Crippen molar-refractivity contribution in [1.29, 1.82) is 0 Å².